The lowest BCUT2D eigenvalue weighted by atomic mass is 10.0. The van der Waals surface area contributed by atoms with E-state index in [9.17, 15) is 4.79 Å². The van der Waals surface area contributed by atoms with Crippen LogP contribution >= 0.6 is 0 Å². The van der Waals surface area contributed by atoms with E-state index in [1.165, 1.54) is 0 Å². The Morgan fingerprint density at radius 2 is 2.28 bits per heavy atom. The molecule has 1 heterocycles. The lowest BCUT2D eigenvalue weighted by molar-refractivity contribution is -0.138. The highest BCUT2D eigenvalue weighted by Gasteiger charge is 2.39. The Morgan fingerprint density at radius 1 is 1.56 bits per heavy atom. The fraction of sp³-hybridized carbons (Fsp3) is 0.643. The summed E-state index contributed by atoms with van der Waals surface area (Å²) in [6, 6.07) is 4.17. The van der Waals surface area contributed by atoms with Gasteiger partial charge >= 0.3 is 0 Å². The van der Waals surface area contributed by atoms with E-state index in [4.69, 9.17) is 4.42 Å². The standard InChI is InChI=1S/C14H22N2O2/c1-4-15-14(2,3)13(17)16(11-7-8-11)10-12-6-5-9-18-12/h5-6,9,11,15H,4,7-8,10H2,1-3H3. The van der Waals surface area contributed by atoms with Crippen LogP contribution in [0, 0.1) is 0 Å². The van der Waals surface area contributed by atoms with Gasteiger partial charge in [-0.1, -0.05) is 6.92 Å². The van der Waals surface area contributed by atoms with Gasteiger partial charge in [0.25, 0.3) is 0 Å². The molecule has 0 saturated heterocycles. The van der Waals surface area contributed by atoms with E-state index in [0.717, 1.165) is 25.1 Å². The van der Waals surface area contributed by atoms with Crippen LogP contribution in [0.4, 0.5) is 0 Å². The third-order valence-electron chi connectivity index (χ3n) is 3.31. The number of nitrogens with zero attached hydrogens (tertiary/aromatic N) is 1. The molecule has 0 radical (unpaired) electrons. The SMILES string of the molecule is CCNC(C)(C)C(=O)N(Cc1ccco1)C1CC1. The molecule has 1 amide bonds. The highest BCUT2D eigenvalue weighted by Crippen LogP contribution is 2.30. The second kappa shape index (κ2) is 5.14. The van der Waals surface area contributed by atoms with E-state index in [-0.39, 0.29) is 5.91 Å². The molecule has 1 aliphatic carbocycles. The van der Waals surface area contributed by atoms with Crippen LogP contribution in [0.5, 0.6) is 0 Å². The summed E-state index contributed by atoms with van der Waals surface area (Å²) in [7, 11) is 0. The lowest BCUT2D eigenvalue weighted by Crippen LogP contribution is -2.54. The minimum atomic E-state index is -0.510. The van der Waals surface area contributed by atoms with Gasteiger partial charge in [-0.3, -0.25) is 4.79 Å². The van der Waals surface area contributed by atoms with Gasteiger partial charge in [0, 0.05) is 6.04 Å². The largest absolute Gasteiger partial charge is 0.467 e. The average Bonchev–Trinajstić information content (AvgIpc) is 3.03. The maximum atomic E-state index is 12.6. The number of amides is 1. The Kier molecular flexibility index (Phi) is 3.76. The van der Waals surface area contributed by atoms with Crippen molar-refractivity contribution in [2.24, 2.45) is 0 Å². The van der Waals surface area contributed by atoms with Crippen molar-refractivity contribution in [1.29, 1.82) is 0 Å². The Hall–Kier alpha value is -1.29. The maximum absolute atomic E-state index is 12.6. The molecule has 1 aromatic rings. The lowest BCUT2D eigenvalue weighted by Gasteiger charge is -2.32. The fourth-order valence-corrected chi connectivity index (χ4v) is 2.20. The van der Waals surface area contributed by atoms with Gasteiger partial charge in [0.2, 0.25) is 5.91 Å². The summed E-state index contributed by atoms with van der Waals surface area (Å²) >= 11 is 0. The Balaban J connectivity index is 2.07. The van der Waals surface area contributed by atoms with Gasteiger partial charge in [-0.2, -0.15) is 0 Å². The first-order valence-electron chi connectivity index (χ1n) is 6.63. The van der Waals surface area contributed by atoms with Crippen LogP contribution in [0.1, 0.15) is 39.4 Å². The smallest absolute Gasteiger partial charge is 0.242 e. The molecule has 0 atom stereocenters. The molecule has 0 unspecified atom stereocenters. The molecule has 0 spiro atoms. The van der Waals surface area contributed by atoms with Crippen molar-refractivity contribution < 1.29 is 9.21 Å². The van der Waals surface area contributed by atoms with Crippen molar-refractivity contribution in [3.05, 3.63) is 24.2 Å². The van der Waals surface area contributed by atoms with Gasteiger partial charge in [-0.15, -0.1) is 0 Å². The van der Waals surface area contributed by atoms with E-state index in [0.29, 0.717) is 12.6 Å². The third kappa shape index (κ3) is 2.93. The Labute approximate surface area is 108 Å². The molecule has 0 aliphatic heterocycles. The second-order valence-corrected chi connectivity index (χ2v) is 5.40. The first kappa shape index (κ1) is 13.1. The molecule has 1 fully saturated rings. The summed E-state index contributed by atoms with van der Waals surface area (Å²) in [6.45, 7) is 7.26. The van der Waals surface area contributed by atoms with Crippen molar-refractivity contribution in [3.63, 3.8) is 0 Å². The molecule has 1 aromatic heterocycles. The van der Waals surface area contributed by atoms with Crippen LogP contribution in [0.25, 0.3) is 0 Å². The zero-order valence-corrected chi connectivity index (χ0v) is 11.4. The molecule has 100 valence electrons. The normalized spacial score (nSPS) is 15.7. The summed E-state index contributed by atoms with van der Waals surface area (Å²) in [5.74, 6) is 1.01. The predicted molar refractivity (Wildman–Crippen MR) is 70.0 cm³/mol. The molecule has 4 nitrogen and oxygen atoms in total. The summed E-state index contributed by atoms with van der Waals surface area (Å²) in [5.41, 5.74) is -0.510. The van der Waals surface area contributed by atoms with Crippen LogP contribution in [0.3, 0.4) is 0 Å². The maximum Gasteiger partial charge on any atom is 0.242 e. The molecular weight excluding hydrogens is 228 g/mol. The van der Waals surface area contributed by atoms with Crippen molar-refractivity contribution >= 4 is 5.91 Å². The van der Waals surface area contributed by atoms with Crippen molar-refractivity contribution in [3.8, 4) is 0 Å². The molecule has 1 aliphatic rings. The number of rotatable bonds is 6. The monoisotopic (exact) mass is 250 g/mol. The summed E-state index contributed by atoms with van der Waals surface area (Å²) in [4.78, 5) is 14.5. The van der Waals surface area contributed by atoms with Gasteiger partial charge in [-0.05, 0) is 45.4 Å². The van der Waals surface area contributed by atoms with Crippen LogP contribution < -0.4 is 5.32 Å². The van der Waals surface area contributed by atoms with Crippen LogP contribution in [-0.2, 0) is 11.3 Å². The number of nitrogens with one attached hydrogen (secondary N) is 1. The van der Waals surface area contributed by atoms with Gasteiger partial charge in [0.15, 0.2) is 0 Å². The molecule has 2 rings (SSSR count). The van der Waals surface area contributed by atoms with Gasteiger partial charge in [-0.25, -0.2) is 0 Å². The average molecular weight is 250 g/mol. The summed E-state index contributed by atoms with van der Waals surface area (Å²) in [5, 5.41) is 3.24. The van der Waals surface area contributed by atoms with Crippen molar-refractivity contribution in [2.75, 3.05) is 6.54 Å². The van der Waals surface area contributed by atoms with E-state index in [1.807, 2.05) is 37.8 Å². The van der Waals surface area contributed by atoms with Gasteiger partial charge < -0.3 is 14.6 Å². The molecule has 1 N–H and O–H groups in total. The first-order chi connectivity index (χ1) is 8.54. The van der Waals surface area contributed by atoms with Crippen molar-refractivity contribution in [2.45, 2.75) is 51.7 Å². The number of hydrogen-bond donors (Lipinski definition) is 1. The molecule has 1 saturated carbocycles. The topological polar surface area (TPSA) is 45.5 Å². The van der Waals surface area contributed by atoms with E-state index in [2.05, 4.69) is 5.32 Å². The minimum absolute atomic E-state index is 0.156. The predicted octanol–water partition coefficient (Wildman–Crippen LogP) is 2.16. The second-order valence-electron chi connectivity index (χ2n) is 5.40. The fourth-order valence-electron chi connectivity index (χ4n) is 2.20. The molecular formula is C14H22N2O2. The first-order valence-corrected chi connectivity index (χ1v) is 6.63. The van der Waals surface area contributed by atoms with Crippen LogP contribution in [0.2, 0.25) is 0 Å². The third-order valence-corrected chi connectivity index (χ3v) is 3.31. The molecule has 4 heteroatoms. The van der Waals surface area contributed by atoms with E-state index in [1.54, 1.807) is 6.26 Å². The van der Waals surface area contributed by atoms with Crippen LogP contribution in [0.15, 0.2) is 22.8 Å². The van der Waals surface area contributed by atoms with Crippen molar-refractivity contribution in [1.82, 2.24) is 10.2 Å². The Morgan fingerprint density at radius 3 is 2.78 bits per heavy atom. The Bertz CT molecular complexity index is 394. The van der Waals surface area contributed by atoms with Crippen LogP contribution in [-0.4, -0.2) is 28.9 Å². The number of likely N-dealkylation sites (N-methyl/N-ethyl adjacent to an activating group) is 1. The summed E-state index contributed by atoms with van der Waals surface area (Å²) < 4.78 is 5.35. The zero-order valence-electron chi connectivity index (χ0n) is 11.4. The quantitative estimate of drug-likeness (QED) is 0.841. The molecule has 0 bridgehead atoms. The number of furan rings is 1. The highest BCUT2D eigenvalue weighted by molar-refractivity contribution is 5.86. The highest BCUT2D eigenvalue weighted by atomic mass is 16.3. The van der Waals surface area contributed by atoms with E-state index < -0.39 is 5.54 Å². The summed E-state index contributed by atoms with van der Waals surface area (Å²) in [6.07, 6.45) is 3.86. The number of carbonyl (C=O) groups excluding carboxylic acids is 1. The molecule has 0 aromatic carbocycles. The van der Waals surface area contributed by atoms with Gasteiger partial charge in [0.1, 0.15) is 5.76 Å². The number of carbonyl (C=O) groups is 1. The number of hydrogen-bond acceptors (Lipinski definition) is 3. The van der Waals surface area contributed by atoms with Gasteiger partial charge in [0.05, 0.1) is 18.3 Å². The zero-order chi connectivity index (χ0) is 13.2. The molecule has 18 heavy (non-hydrogen) atoms. The van der Waals surface area contributed by atoms with E-state index >= 15 is 0 Å². The minimum Gasteiger partial charge on any atom is -0.467 e.